The first-order chi connectivity index (χ1) is 4.91. The van der Waals surface area contributed by atoms with E-state index in [1.807, 2.05) is 6.08 Å². The maximum atomic E-state index is 3.66. The largest absolute Gasteiger partial charge is 0.103 e. The Morgan fingerprint density at radius 1 is 1.10 bits per heavy atom. The Bertz CT molecular complexity index is 90.2. The molecular formula is C10H18. The molecular weight excluding hydrogens is 120 g/mol. The third-order valence-electron chi connectivity index (χ3n) is 1.43. The molecule has 0 aromatic heterocycles. The van der Waals surface area contributed by atoms with E-state index in [-0.39, 0.29) is 0 Å². The Morgan fingerprint density at radius 3 is 2.40 bits per heavy atom. The van der Waals surface area contributed by atoms with Crippen molar-refractivity contribution in [3.63, 3.8) is 0 Å². The molecule has 0 rings (SSSR count). The second-order valence-corrected chi connectivity index (χ2v) is 2.48. The molecule has 10 heavy (non-hydrogen) atoms. The SMILES string of the molecule is C=CCC/C=C\CCCC. The Labute approximate surface area is 64.6 Å². The number of hydrogen-bond donors (Lipinski definition) is 0. The van der Waals surface area contributed by atoms with Gasteiger partial charge in [-0.25, -0.2) is 0 Å². The van der Waals surface area contributed by atoms with Crippen molar-refractivity contribution in [2.45, 2.75) is 39.0 Å². The molecule has 0 heterocycles. The van der Waals surface area contributed by atoms with Gasteiger partial charge in [-0.2, -0.15) is 0 Å². The molecule has 0 bridgehead atoms. The van der Waals surface area contributed by atoms with Crippen molar-refractivity contribution in [2.24, 2.45) is 0 Å². The lowest BCUT2D eigenvalue weighted by Crippen LogP contribution is -1.67. The minimum Gasteiger partial charge on any atom is -0.103 e. The van der Waals surface area contributed by atoms with E-state index < -0.39 is 0 Å². The zero-order valence-corrected chi connectivity index (χ0v) is 6.97. The zero-order chi connectivity index (χ0) is 7.66. The van der Waals surface area contributed by atoms with Crippen LogP contribution in [0.5, 0.6) is 0 Å². The van der Waals surface area contributed by atoms with E-state index in [0.29, 0.717) is 0 Å². The highest BCUT2D eigenvalue weighted by atomic mass is 13.8. The predicted molar refractivity (Wildman–Crippen MR) is 48.1 cm³/mol. The van der Waals surface area contributed by atoms with Crippen molar-refractivity contribution in [2.75, 3.05) is 0 Å². The van der Waals surface area contributed by atoms with E-state index in [0.717, 1.165) is 12.8 Å². The molecule has 0 spiro atoms. The van der Waals surface area contributed by atoms with Crippen molar-refractivity contribution in [3.8, 4) is 0 Å². The van der Waals surface area contributed by atoms with Gasteiger partial charge in [0.2, 0.25) is 0 Å². The van der Waals surface area contributed by atoms with Crippen molar-refractivity contribution in [1.29, 1.82) is 0 Å². The van der Waals surface area contributed by atoms with Crippen molar-refractivity contribution >= 4 is 0 Å². The Kier molecular flexibility index (Phi) is 8.04. The zero-order valence-electron chi connectivity index (χ0n) is 6.97. The molecule has 0 saturated heterocycles. The molecule has 0 radical (unpaired) electrons. The maximum absolute atomic E-state index is 3.66. The summed E-state index contributed by atoms with van der Waals surface area (Å²) in [6.07, 6.45) is 12.6. The van der Waals surface area contributed by atoms with Crippen LogP contribution in [0.4, 0.5) is 0 Å². The Morgan fingerprint density at radius 2 is 1.80 bits per heavy atom. The lowest BCUT2D eigenvalue weighted by Gasteiger charge is -1.87. The van der Waals surface area contributed by atoms with Crippen LogP contribution in [0.1, 0.15) is 39.0 Å². The summed E-state index contributed by atoms with van der Waals surface area (Å²) in [5.74, 6) is 0. The molecule has 58 valence electrons. The van der Waals surface area contributed by atoms with Gasteiger partial charge in [0.05, 0.1) is 0 Å². The second kappa shape index (κ2) is 8.48. The van der Waals surface area contributed by atoms with E-state index in [4.69, 9.17) is 0 Å². The number of rotatable bonds is 6. The Balaban J connectivity index is 2.96. The number of unbranched alkanes of at least 4 members (excludes halogenated alkanes) is 3. The molecule has 0 amide bonds. The van der Waals surface area contributed by atoms with Gasteiger partial charge >= 0.3 is 0 Å². The first-order valence-corrected chi connectivity index (χ1v) is 4.17. The lowest BCUT2D eigenvalue weighted by molar-refractivity contribution is 0.811. The fourth-order valence-corrected chi connectivity index (χ4v) is 0.772. The van der Waals surface area contributed by atoms with Gasteiger partial charge in [0, 0.05) is 0 Å². The predicted octanol–water partition coefficient (Wildman–Crippen LogP) is 3.70. The quantitative estimate of drug-likeness (QED) is 0.388. The molecule has 0 fully saturated rings. The van der Waals surface area contributed by atoms with Crippen molar-refractivity contribution in [1.82, 2.24) is 0 Å². The van der Waals surface area contributed by atoms with Crippen LogP contribution in [0.25, 0.3) is 0 Å². The van der Waals surface area contributed by atoms with Crippen molar-refractivity contribution in [3.05, 3.63) is 24.8 Å². The van der Waals surface area contributed by atoms with Crippen LogP contribution in [0.2, 0.25) is 0 Å². The molecule has 0 saturated carbocycles. The van der Waals surface area contributed by atoms with Crippen LogP contribution in [0.15, 0.2) is 24.8 Å². The topological polar surface area (TPSA) is 0 Å². The third kappa shape index (κ3) is 7.48. The van der Waals surface area contributed by atoms with E-state index in [2.05, 4.69) is 25.7 Å². The maximum Gasteiger partial charge on any atom is -0.0316 e. The first kappa shape index (κ1) is 9.48. The van der Waals surface area contributed by atoms with Crippen molar-refractivity contribution < 1.29 is 0 Å². The summed E-state index contributed by atoms with van der Waals surface area (Å²) in [7, 11) is 0. The van der Waals surface area contributed by atoms with Gasteiger partial charge in [-0.05, 0) is 19.3 Å². The Hall–Kier alpha value is -0.520. The third-order valence-corrected chi connectivity index (χ3v) is 1.43. The molecule has 0 aromatic rings. The van der Waals surface area contributed by atoms with Gasteiger partial charge in [0.15, 0.2) is 0 Å². The second-order valence-electron chi connectivity index (χ2n) is 2.48. The van der Waals surface area contributed by atoms with Gasteiger partial charge in [-0.1, -0.05) is 38.0 Å². The summed E-state index contributed by atoms with van der Waals surface area (Å²) in [6, 6.07) is 0. The van der Waals surface area contributed by atoms with Gasteiger partial charge in [0.25, 0.3) is 0 Å². The number of allylic oxidation sites excluding steroid dienone is 3. The summed E-state index contributed by atoms with van der Waals surface area (Å²) in [5, 5.41) is 0. The standard InChI is InChI=1S/C10H18/c1-3-5-7-9-10-8-6-4-2/h3,9-10H,1,4-8H2,2H3/b10-9-. The highest BCUT2D eigenvalue weighted by Crippen LogP contribution is 1.97. The van der Waals surface area contributed by atoms with Crippen LogP contribution < -0.4 is 0 Å². The molecule has 0 aliphatic heterocycles. The average molecular weight is 138 g/mol. The van der Waals surface area contributed by atoms with Crippen LogP contribution in [0, 0.1) is 0 Å². The number of hydrogen-bond acceptors (Lipinski definition) is 0. The molecule has 0 aromatic carbocycles. The summed E-state index contributed by atoms with van der Waals surface area (Å²) < 4.78 is 0. The van der Waals surface area contributed by atoms with Crippen LogP contribution in [-0.2, 0) is 0 Å². The lowest BCUT2D eigenvalue weighted by atomic mass is 10.2. The fourth-order valence-electron chi connectivity index (χ4n) is 0.772. The van der Waals surface area contributed by atoms with Gasteiger partial charge < -0.3 is 0 Å². The van der Waals surface area contributed by atoms with Gasteiger partial charge in [0.1, 0.15) is 0 Å². The van der Waals surface area contributed by atoms with E-state index in [1.165, 1.54) is 19.3 Å². The molecule has 0 N–H and O–H groups in total. The molecule has 0 nitrogen and oxygen atoms in total. The highest BCUT2D eigenvalue weighted by Gasteiger charge is 1.77. The van der Waals surface area contributed by atoms with Crippen LogP contribution in [-0.4, -0.2) is 0 Å². The molecule has 0 aliphatic rings. The van der Waals surface area contributed by atoms with Crippen LogP contribution in [0.3, 0.4) is 0 Å². The van der Waals surface area contributed by atoms with E-state index >= 15 is 0 Å². The summed E-state index contributed by atoms with van der Waals surface area (Å²) in [5.41, 5.74) is 0. The van der Waals surface area contributed by atoms with Crippen LogP contribution >= 0.6 is 0 Å². The molecule has 0 unspecified atom stereocenters. The smallest absolute Gasteiger partial charge is 0.0316 e. The molecule has 0 aliphatic carbocycles. The van der Waals surface area contributed by atoms with E-state index in [1.54, 1.807) is 0 Å². The van der Waals surface area contributed by atoms with Gasteiger partial charge in [-0.15, -0.1) is 6.58 Å². The minimum atomic E-state index is 1.11. The van der Waals surface area contributed by atoms with Gasteiger partial charge in [-0.3, -0.25) is 0 Å². The monoisotopic (exact) mass is 138 g/mol. The summed E-state index contributed by atoms with van der Waals surface area (Å²) in [6.45, 7) is 5.88. The summed E-state index contributed by atoms with van der Waals surface area (Å²) in [4.78, 5) is 0. The molecule has 0 heteroatoms. The van der Waals surface area contributed by atoms with E-state index in [9.17, 15) is 0 Å². The first-order valence-electron chi connectivity index (χ1n) is 4.17. The minimum absolute atomic E-state index is 1.11. The summed E-state index contributed by atoms with van der Waals surface area (Å²) >= 11 is 0. The average Bonchev–Trinajstić information content (AvgIpc) is 1.97. The molecule has 0 atom stereocenters. The highest BCUT2D eigenvalue weighted by molar-refractivity contribution is 4.83. The normalized spacial score (nSPS) is 10.5. The fraction of sp³-hybridized carbons (Fsp3) is 0.600.